The first-order valence-electron chi connectivity index (χ1n) is 13.6. The van der Waals surface area contributed by atoms with Crippen LogP contribution in [0.2, 0.25) is 0 Å². The van der Waals surface area contributed by atoms with Gasteiger partial charge in [-0.15, -0.1) is 0 Å². The van der Waals surface area contributed by atoms with E-state index in [4.69, 9.17) is 2.74 Å². The smallest absolute Gasteiger partial charge is 0.0623 e. The molecule has 0 N–H and O–H groups in total. The van der Waals surface area contributed by atoms with Crippen molar-refractivity contribution in [3.63, 3.8) is 0 Å². The summed E-state index contributed by atoms with van der Waals surface area (Å²) in [5, 5.41) is 4.41. The van der Waals surface area contributed by atoms with Crippen LogP contribution in [0.15, 0.2) is 132 Å². The van der Waals surface area contributed by atoms with E-state index in [1.54, 1.807) is 0 Å². The van der Waals surface area contributed by atoms with Gasteiger partial charge in [0.1, 0.15) is 0 Å². The highest BCUT2D eigenvalue weighted by Gasteiger charge is 2.32. The van der Waals surface area contributed by atoms with Gasteiger partial charge in [0.15, 0.2) is 0 Å². The molecule has 0 fully saturated rings. The maximum absolute atomic E-state index is 8.57. The number of rotatable bonds is 2. The molecule has 5 aromatic rings. The first-order valence-corrected chi connectivity index (χ1v) is 12.6. The Labute approximate surface area is 214 Å². The molecule has 168 valence electrons. The second-order valence-electron chi connectivity index (χ2n) is 9.86. The van der Waals surface area contributed by atoms with Crippen LogP contribution in [-0.2, 0) is 6.42 Å². The topological polar surface area (TPSA) is 0 Å². The van der Waals surface area contributed by atoms with Crippen LogP contribution in [0.25, 0.3) is 49.9 Å². The summed E-state index contributed by atoms with van der Waals surface area (Å²) in [6.45, 7) is 0. The Hall–Kier alpha value is -4.42. The molecule has 0 saturated heterocycles. The molecule has 1 unspecified atom stereocenters. The molecule has 0 heteroatoms. The summed E-state index contributed by atoms with van der Waals surface area (Å²) < 4.78 is 17.1. The van der Waals surface area contributed by atoms with E-state index < -0.39 is 0 Å². The predicted molar refractivity (Wildman–Crippen MR) is 153 cm³/mol. The van der Waals surface area contributed by atoms with Gasteiger partial charge in [0, 0.05) is 5.92 Å². The zero-order valence-corrected chi connectivity index (χ0v) is 19.8. The molecule has 36 heavy (non-hydrogen) atoms. The summed E-state index contributed by atoms with van der Waals surface area (Å²) in [4.78, 5) is 0. The average Bonchev–Trinajstić information content (AvgIpc) is 2.95. The van der Waals surface area contributed by atoms with Crippen LogP contribution in [0.3, 0.4) is 0 Å². The molecule has 0 spiro atoms. The lowest BCUT2D eigenvalue weighted by Crippen LogP contribution is -2.17. The van der Waals surface area contributed by atoms with Gasteiger partial charge >= 0.3 is 0 Å². The number of fused-ring (bicyclic) bond motifs is 2. The van der Waals surface area contributed by atoms with Crippen LogP contribution in [0, 0.1) is 0 Å². The number of benzene rings is 5. The highest BCUT2D eigenvalue weighted by molar-refractivity contribution is 6.22. The molecular formula is C36H24. The van der Waals surface area contributed by atoms with Crippen LogP contribution < -0.4 is 0 Å². The molecule has 8 rings (SSSR count). The molecule has 0 bridgehead atoms. The highest BCUT2D eigenvalue weighted by atomic mass is 14.3. The van der Waals surface area contributed by atoms with Gasteiger partial charge in [-0.05, 0) is 78.1 Å². The minimum atomic E-state index is 0.288. The summed E-state index contributed by atoms with van der Waals surface area (Å²) in [6.07, 6.45) is 14.6. The van der Waals surface area contributed by atoms with Crippen molar-refractivity contribution >= 4 is 27.6 Å². The van der Waals surface area contributed by atoms with E-state index in [0.29, 0.717) is 12.1 Å². The van der Waals surface area contributed by atoms with Crippen LogP contribution in [-0.4, -0.2) is 0 Å². The molecule has 1 atom stereocenters. The van der Waals surface area contributed by atoms with Gasteiger partial charge in [0.25, 0.3) is 0 Å². The second kappa shape index (κ2) is 7.54. The van der Waals surface area contributed by atoms with E-state index >= 15 is 0 Å². The molecule has 5 aromatic carbocycles. The molecule has 0 saturated carbocycles. The van der Waals surface area contributed by atoms with Gasteiger partial charge in [-0.3, -0.25) is 0 Å². The van der Waals surface area contributed by atoms with E-state index in [1.807, 2.05) is 30.3 Å². The Morgan fingerprint density at radius 1 is 0.639 bits per heavy atom. The summed E-state index contributed by atoms with van der Waals surface area (Å²) >= 11 is 0. The third-order valence-electron chi connectivity index (χ3n) is 8.05. The Morgan fingerprint density at radius 2 is 1.39 bits per heavy atom. The normalized spacial score (nSPS) is 17.9. The first-order chi connectivity index (χ1) is 18.7. The van der Waals surface area contributed by atoms with Crippen molar-refractivity contribution in [2.75, 3.05) is 0 Å². The van der Waals surface area contributed by atoms with Gasteiger partial charge in [-0.2, -0.15) is 0 Å². The second-order valence-corrected chi connectivity index (χ2v) is 9.86. The molecular weight excluding hydrogens is 432 g/mol. The van der Waals surface area contributed by atoms with Gasteiger partial charge < -0.3 is 0 Å². The number of allylic oxidation sites excluding steroid dienone is 7. The van der Waals surface area contributed by atoms with Crippen molar-refractivity contribution in [1.82, 2.24) is 0 Å². The van der Waals surface area contributed by atoms with Crippen molar-refractivity contribution < 1.29 is 2.74 Å². The van der Waals surface area contributed by atoms with Crippen LogP contribution in [0.1, 0.15) is 25.3 Å². The van der Waals surface area contributed by atoms with Crippen molar-refractivity contribution in [3.8, 4) is 22.3 Å². The summed E-state index contributed by atoms with van der Waals surface area (Å²) in [5.74, 6) is 0.288. The van der Waals surface area contributed by atoms with E-state index in [1.165, 1.54) is 33.4 Å². The number of hydrogen-bond donors (Lipinski definition) is 0. The fraction of sp³-hybridized carbons (Fsp3) is 0.0556. The van der Waals surface area contributed by atoms with Crippen LogP contribution in [0.5, 0.6) is 0 Å². The zero-order valence-electron chi connectivity index (χ0n) is 21.8. The third kappa shape index (κ3) is 2.70. The van der Waals surface area contributed by atoms with Crippen LogP contribution >= 0.6 is 0 Å². The summed E-state index contributed by atoms with van der Waals surface area (Å²) in [6, 6.07) is 28.0. The largest absolute Gasteiger partial charge is 0.0759 e. The summed E-state index contributed by atoms with van der Waals surface area (Å²) in [5.41, 5.74) is 11.5. The molecule has 3 aliphatic carbocycles. The average molecular weight is 459 g/mol. The number of hydrogen-bond acceptors (Lipinski definition) is 0. The Balaban J connectivity index is 1.53. The van der Waals surface area contributed by atoms with Crippen molar-refractivity contribution in [1.29, 1.82) is 0 Å². The van der Waals surface area contributed by atoms with Gasteiger partial charge in [-0.1, -0.05) is 127 Å². The Bertz CT molecular complexity index is 1950. The predicted octanol–water partition coefficient (Wildman–Crippen LogP) is 9.42. The van der Waals surface area contributed by atoms with E-state index in [-0.39, 0.29) is 5.92 Å². The molecule has 3 aliphatic rings. The maximum atomic E-state index is 8.57. The molecule has 0 radical (unpaired) electrons. The first kappa shape index (κ1) is 17.9. The van der Waals surface area contributed by atoms with E-state index in [9.17, 15) is 0 Å². The van der Waals surface area contributed by atoms with Crippen molar-refractivity contribution in [3.05, 3.63) is 149 Å². The van der Waals surface area contributed by atoms with Gasteiger partial charge in [-0.25, -0.2) is 0 Å². The molecule has 0 amide bonds. The lowest BCUT2D eigenvalue weighted by molar-refractivity contribution is 0.893. The molecule has 0 aliphatic heterocycles. The maximum Gasteiger partial charge on any atom is 0.0623 e. The Kier molecular flexibility index (Phi) is 3.75. The van der Waals surface area contributed by atoms with E-state index in [2.05, 4.69) is 85.0 Å². The quantitative estimate of drug-likeness (QED) is 0.231. The fourth-order valence-corrected chi connectivity index (χ4v) is 6.54. The minimum absolute atomic E-state index is 0.288. The zero-order chi connectivity index (χ0) is 25.4. The van der Waals surface area contributed by atoms with Crippen molar-refractivity contribution in [2.24, 2.45) is 0 Å². The monoisotopic (exact) mass is 458 g/mol. The lowest BCUT2D eigenvalue weighted by atomic mass is 9.69. The van der Waals surface area contributed by atoms with Crippen molar-refractivity contribution in [2.45, 2.75) is 12.3 Å². The molecule has 0 aromatic heterocycles. The van der Waals surface area contributed by atoms with Crippen LogP contribution in [0.4, 0.5) is 0 Å². The summed E-state index contributed by atoms with van der Waals surface area (Å²) in [7, 11) is 0. The Morgan fingerprint density at radius 3 is 2.22 bits per heavy atom. The lowest BCUT2D eigenvalue weighted by Gasteiger charge is -2.34. The van der Waals surface area contributed by atoms with Gasteiger partial charge in [0.2, 0.25) is 0 Å². The standard InChI is InChI=1S/C36H24/c1-2-9-23(10-3-1)34-27-13-4-6-15-29(27)36(30-16-7-5-14-28(30)34)32-22-20-26-18-17-24-11-8-12-25-19-21-31(32)35(26)33(24)25/h1-17,19-22,33H,18H2/i4D,7D. The molecule has 0 heterocycles. The van der Waals surface area contributed by atoms with E-state index in [0.717, 1.165) is 44.7 Å². The SMILES string of the molecule is [2H]c1ccc2c(-c3ccc4c5c3C=CC3=CC=CC(=CC4)C35)c3cc([2H])ccc3c(-c3ccccc3)c2c1. The third-order valence-corrected chi connectivity index (χ3v) is 8.05. The highest BCUT2D eigenvalue weighted by Crippen LogP contribution is 2.51. The molecule has 0 nitrogen and oxygen atoms in total. The fourth-order valence-electron chi connectivity index (χ4n) is 6.54. The minimum Gasteiger partial charge on any atom is -0.0759 e. The van der Waals surface area contributed by atoms with Gasteiger partial charge in [0.05, 0.1) is 2.74 Å².